The van der Waals surface area contributed by atoms with Crippen molar-refractivity contribution in [1.82, 2.24) is 0 Å². The van der Waals surface area contributed by atoms with Gasteiger partial charge in [-0.05, 0) is 29.9 Å². The second-order valence-electron chi connectivity index (χ2n) is 3.45. The van der Waals surface area contributed by atoms with Gasteiger partial charge in [-0.3, -0.25) is 0 Å². The fraction of sp³-hybridized carbons (Fsp3) is 0.364. The van der Waals surface area contributed by atoms with Gasteiger partial charge in [-0.2, -0.15) is 12.6 Å². The van der Waals surface area contributed by atoms with E-state index >= 15 is 0 Å². The molecule has 0 aliphatic rings. The van der Waals surface area contributed by atoms with E-state index in [4.69, 9.17) is 5.11 Å². The van der Waals surface area contributed by atoms with Crippen molar-refractivity contribution >= 4 is 18.6 Å². The fourth-order valence-electron chi connectivity index (χ4n) is 1.34. The monoisotopic (exact) mass is 242 g/mol. The van der Waals surface area contributed by atoms with Crippen molar-refractivity contribution in [2.24, 2.45) is 0 Å². The Morgan fingerprint density at radius 2 is 1.81 bits per heavy atom. The minimum atomic E-state index is -1.02. The normalized spacial score (nSPS) is 14.4. The molecule has 2 atom stereocenters. The first kappa shape index (κ1) is 13.0. The molecule has 1 aromatic rings. The minimum absolute atomic E-state index is 0.152. The molecule has 0 amide bonds. The van der Waals surface area contributed by atoms with Gasteiger partial charge < -0.3 is 15.3 Å². The maximum Gasteiger partial charge on any atom is 0.335 e. The lowest BCUT2D eigenvalue weighted by atomic mass is 10.0. The molecule has 5 heteroatoms. The number of hydrogen-bond acceptors (Lipinski definition) is 4. The molecule has 0 fully saturated rings. The van der Waals surface area contributed by atoms with Gasteiger partial charge in [0.25, 0.3) is 0 Å². The standard InChI is InChI=1S/C11H14O4S/c12-9(5-6-16)10(13)7-1-3-8(4-2-7)11(14)15/h1-4,9-10,12-13,16H,5-6H2,(H,14,15). The third kappa shape index (κ3) is 3.23. The Kier molecular flexibility index (Phi) is 4.79. The average Bonchev–Trinajstić information content (AvgIpc) is 2.28. The summed E-state index contributed by atoms with van der Waals surface area (Å²) in [6.07, 6.45) is -1.51. The quantitative estimate of drug-likeness (QED) is 0.583. The number of aliphatic hydroxyl groups is 2. The molecule has 1 aromatic carbocycles. The molecule has 0 heterocycles. The van der Waals surface area contributed by atoms with Crippen LogP contribution in [0.15, 0.2) is 24.3 Å². The highest BCUT2D eigenvalue weighted by Gasteiger charge is 2.17. The summed E-state index contributed by atoms with van der Waals surface area (Å²) >= 11 is 3.96. The molecule has 0 radical (unpaired) electrons. The molecule has 0 spiro atoms. The van der Waals surface area contributed by atoms with Crippen LogP contribution in [-0.2, 0) is 0 Å². The molecule has 0 saturated heterocycles. The number of carboxylic acid groups (broad SMARTS) is 1. The van der Waals surface area contributed by atoms with Crippen LogP contribution in [-0.4, -0.2) is 33.1 Å². The Morgan fingerprint density at radius 3 is 2.25 bits per heavy atom. The van der Waals surface area contributed by atoms with Gasteiger partial charge in [0.2, 0.25) is 0 Å². The molecule has 3 N–H and O–H groups in total. The number of aliphatic hydroxyl groups excluding tert-OH is 2. The highest BCUT2D eigenvalue weighted by molar-refractivity contribution is 7.80. The third-order valence-corrected chi connectivity index (χ3v) is 2.55. The zero-order valence-corrected chi connectivity index (χ0v) is 9.47. The summed E-state index contributed by atoms with van der Waals surface area (Å²) in [5.74, 6) is -0.539. The van der Waals surface area contributed by atoms with E-state index in [2.05, 4.69) is 12.6 Å². The van der Waals surface area contributed by atoms with Crippen molar-refractivity contribution in [3.8, 4) is 0 Å². The third-order valence-electron chi connectivity index (χ3n) is 2.29. The van der Waals surface area contributed by atoms with E-state index in [1.807, 2.05) is 0 Å². The van der Waals surface area contributed by atoms with Crippen molar-refractivity contribution in [2.45, 2.75) is 18.6 Å². The first-order valence-corrected chi connectivity index (χ1v) is 5.49. The van der Waals surface area contributed by atoms with Crippen LogP contribution >= 0.6 is 12.6 Å². The predicted octanol–water partition coefficient (Wildman–Crippen LogP) is 1.10. The van der Waals surface area contributed by atoms with Crippen molar-refractivity contribution < 1.29 is 20.1 Å². The van der Waals surface area contributed by atoms with E-state index in [1.165, 1.54) is 24.3 Å². The number of hydrogen-bond donors (Lipinski definition) is 4. The highest BCUT2D eigenvalue weighted by Crippen LogP contribution is 2.19. The molecule has 2 unspecified atom stereocenters. The Balaban J connectivity index is 2.77. The van der Waals surface area contributed by atoms with Crippen LogP contribution < -0.4 is 0 Å². The van der Waals surface area contributed by atoms with E-state index in [0.717, 1.165) is 0 Å². The Morgan fingerprint density at radius 1 is 1.25 bits per heavy atom. The molecular formula is C11H14O4S. The lowest BCUT2D eigenvalue weighted by Crippen LogP contribution is -2.18. The second kappa shape index (κ2) is 5.89. The molecule has 88 valence electrons. The molecule has 0 aromatic heterocycles. The molecule has 0 aliphatic carbocycles. The summed E-state index contributed by atoms with van der Waals surface area (Å²) in [5.41, 5.74) is 0.652. The molecule has 0 bridgehead atoms. The molecule has 16 heavy (non-hydrogen) atoms. The smallest absolute Gasteiger partial charge is 0.335 e. The lowest BCUT2D eigenvalue weighted by molar-refractivity contribution is 0.0172. The van der Waals surface area contributed by atoms with Crippen molar-refractivity contribution in [1.29, 1.82) is 0 Å². The molecular weight excluding hydrogens is 228 g/mol. The number of carbonyl (C=O) groups is 1. The molecule has 0 saturated carbocycles. The Hall–Kier alpha value is -1.04. The van der Waals surface area contributed by atoms with E-state index in [9.17, 15) is 15.0 Å². The maximum atomic E-state index is 10.6. The molecule has 1 rings (SSSR count). The van der Waals surface area contributed by atoms with E-state index < -0.39 is 18.2 Å². The largest absolute Gasteiger partial charge is 0.478 e. The van der Waals surface area contributed by atoms with Gasteiger partial charge in [0, 0.05) is 0 Å². The number of benzene rings is 1. The van der Waals surface area contributed by atoms with Crippen LogP contribution in [0.2, 0.25) is 0 Å². The topological polar surface area (TPSA) is 77.8 Å². The van der Waals surface area contributed by atoms with Crippen LogP contribution in [0.5, 0.6) is 0 Å². The maximum absolute atomic E-state index is 10.6. The second-order valence-corrected chi connectivity index (χ2v) is 3.90. The molecule has 0 aliphatic heterocycles. The van der Waals surface area contributed by atoms with Gasteiger partial charge in [-0.1, -0.05) is 12.1 Å². The zero-order valence-electron chi connectivity index (χ0n) is 8.58. The van der Waals surface area contributed by atoms with Crippen LogP contribution in [0, 0.1) is 0 Å². The van der Waals surface area contributed by atoms with Crippen LogP contribution in [0.1, 0.15) is 28.4 Å². The number of aromatic carboxylic acids is 1. The summed E-state index contributed by atoms with van der Waals surface area (Å²) in [4.78, 5) is 10.6. The van der Waals surface area contributed by atoms with Crippen LogP contribution in [0.25, 0.3) is 0 Å². The predicted molar refractivity (Wildman–Crippen MR) is 62.8 cm³/mol. The summed E-state index contributed by atoms with van der Waals surface area (Å²) in [6, 6.07) is 5.79. The van der Waals surface area contributed by atoms with Gasteiger partial charge in [-0.25, -0.2) is 4.79 Å². The SMILES string of the molecule is O=C(O)c1ccc(C(O)C(O)CCS)cc1. The molecule has 4 nitrogen and oxygen atoms in total. The summed E-state index contributed by atoms with van der Waals surface area (Å²) in [6.45, 7) is 0. The summed E-state index contributed by atoms with van der Waals surface area (Å²) in [7, 11) is 0. The lowest BCUT2D eigenvalue weighted by Gasteiger charge is -2.17. The summed E-state index contributed by atoms with van der Waals surface area (Å²) in [5, 5.41) is 27.9. The average molecular weight is 242 g/mol. The fourth-order valence-corrected chi connectivity index (χ4v) is 1.60. The zero-order chi connectivity index (χ0) is 12.1. The minimum Gasteiger partial charge on any atom is -0.478 e. The number of thiol groups is 1. The number of carboxylic acids is 1. The van der Waals surface area contributed by atoms with E-state index in [-0.39, 0.29) is 5.56 Å². The first-order valence-electron chi connectivity index (χ1n) is 4.86. The van der Waals surface area contributed by atoms with Crippen molar-refractivity contribution in [3.05, 3.63) is 35.4 Å². The van der Waals surface area contributed by atoms with E-state index in [1.54, 1.807) is 0 Å². The van der Waals surface area contributed by atoms with Crippen molar-refractivity contribution in [3.63, 3.8) is 0 Å². The van der Waals surface area contributed by atoms with Gasteiger partial charge in [0.15, 0.2) is 0 Å². The van der Waals surface area contributed by atoms with Gasteiger partial charge in [0.05, 0.1) is 11.7 Å². The first-order chi connectivity index (χ1) is 7.56. The Labute approximate surface area is 99.0 Å². The highest BCUT2D eigenvalue weighted by atomic mass is 32.1. The van der Waals surface area contributed by atoms with Crippen molar-refractivity contribution in [2.75, 3.05) is 5.75 Å². The van der Waals surface area contributed by atoms with Crippen LogP contribution in [0.3, 0.4) is 0 Å². The van der Waals surface area contributed by atoms with Gasteiger partial charge in [-0.15, -0.1) is 0 Å². The van der Waals surface area contributed by atoms with Gasteiger partial charge >= 0.3 is 5.97 Å². The van der Waals surface area contributed by atoms with E-state index in [0.29, 0.717) is 17.7 Å². The number of rotatable bonds is 5. The Bertz CT molecular complexity index is 350. The summed E-state index contributed by atoms with van der Waals surface area (Å²) < 4.78 is 0. The van der Waals surface area contributed by atoms with Crippen LogP contribution in [0.4, 0.5) is 0 Å². The van der Waals surface area contributed by atoms with Gasteiger partial charge in [0.1, 0.15) is 6.10 Å².